The molecule has 0 bridgehead atoms. The zero-order valence-corrected chi connectivity index (χ0v) is 14.8. The molecule has 1 aromatic carbocycles. The summed E-state index contributed by atoms with van der Waals surface area (Å²) in [5.74, 6) is 0.448. The Kier molecular flexibility index (Phi) is 4.75. The highest BCUT2D eigenvalue weighted by Gasteiger charge is 2.34. The summed E-state index contributed by atoms with van der Waals surface area (Å²) >= 11 is 12.1. The minimum absolute atomic E-state index is 0.247. The number of benzene rings is 1. The zero-order valence-electron chi connectivity index (χ0n) is 12.4. The molecular weight excluding hydrogens is 368 g/mol. The number of thioether (sulfide) groups is 1. The SMILES string of the molecule is Cc1ccc(/C=C2/SC(=S)N(NC(=O)c3ccc(Cl)cc3)C2=O)o1. The van der Waals surface area contributed by atoms with E-state index in [0.29, 0.717) is 21.3 Å². The molecule has 1 aromatic heterocycles. The first-order valence-electron chi connectivity index (χ1n) is 6.85. The predicted octanol–water partition coefficient (Wildman–Crippen LogP) is 3.79. The summed E-state index contributed by atoms with van der Waals surface area (Å²) in [5, 5.41) is 1.58. The number of thiocarbonyl (C=S) groups is 1. The van der Waals surface area contributed by atoms with E-state index in [0.717, 1.165) is 22.5 Å². The number of carbonyl (C=O) groups is 2. The Morgan fingerprint density at radius 2 is 2.00 bits per heavy atom. The van der Waals surface area contributed by atoms with Crippen LogP contribution in [-0.4, -0.2) is 21.1 Å². The number of nitrogens with one attached hydrogen (secondary N) is 1. The van der Waals surface area contributed by atoms with Gasteiger partial charge in [0.1, 0.15) is 11.5 Å². The molecule has 1 saturated heterocycles. The van der Waals surface area contributed by atoms with Gasteiger partial charge in [-0.05, 0) is 55.5 Å². The standard InChI is InChI=1S/C16H11ClN2O3S2/c1-9-2-7-12(22-9)8-13-15(21)19(16(23)24-13)18-14(20)10-3-5-11(17)6-4-10/h2-8H,1H3,(H,18,20)/b13-8+. The van der Waals surface area contributed by atoms with Gasteiger partial charge in [-0.2, -0.15) is 5.01 Å². The molecule has 0 atom stereocenters. The molecule has 2 aromatic rings. The van der Waals surface area contributed by atoms with Crippen molar-refractivity contribution in [2.75, 3.05) is 0 Å². The van der Waals surface area contributed by atoms with Crippen molar-refractivity contribution in [2.24, 2.45) is 0 Å². The van der Waals surface area contributed by atoms with Gasteiger partial charge < -0.3 is 4.42 Å². The number of amides is 2. The second kappa shape index (κ2) is 6.80. The summed E-state index contributed by atoms with van der Waals surface area (Å²) in [6.07, 6.45) is 1.60. The number of aryl methyl sites for hydroxylation is 1. The third-order valence-electron chi connectivity index (χ3n) is 3.15. The highest BCUT2D eigenvalue weighted by Crippen LogP contribution is 2.31. The summed E-state index contributed by atoms with van der Waals surface area (Å²) in [5.41, 5.74) is 2.88. The lowest BCUT2D eigenvalue weighted by Crippen LogP contribution is -2.44. The van der Waals surface area contributed by atoms with Crippen LogP contribution in [0.2, 0.25) is 5.02 Å². The second-order valence-corrected chi connectivity index (χ2v) is 7.03. The number of halogens is 1. The lowest BCUT2D eigenvalue weighted by atomic mass is 10.2. The Morgan fingerprint density at radius 3 is 2.62 bits per heavy atom. The van der Waals surface area contributed by atoms with Crippen LogP contribution in [0.4, 0.5) is 0 Å². The Balaban J connectivity index is 1.76. The Morgan fingerprint density at radius 1 is 1.29 bits per heavy atom. The average molecular weight is 379 g/mol. The maximum atomic E-state index is 12.4. The fourth-order valence-corrected chi connectivity index (χ4v) is 3.28. The highest BCUT2D eigenvalue weighted by molar-refractivity contribution is 8.26. The van der Waals surface area contributed by atoms with Gasteiger partial charge in [0.2, 0.25) is 0 Å². The van der Waals surface area contributed by atoms with E-state index in [-0.39, 0.29) is 4.32 Å². The number of rotatable bonds is 3. The fourth-order valence-electron chi connectivity index (χ4n) is 1.99. The van der Waals surface area contributed by atoms with Gasteiger partial charge in [-0.3, -0.25) is 15.0 Å². The number of furan rings is 1. The lowest BCUT2D eigenvalue weighted by molar-refractivity contribution is -0.123. The maximum absolute atomic E-state index is 12.4. The number of hydrazine groups is 1. The molecule has 0 radical (unpaired) electrons. The molecule has 8 heteroatoms. The van der Waals surface area contributed by atoms with Crippen LogP contribution < -0.4 is 5.43 Å². The molecule has 1 aliphatic heterocycles. The minimum atomic E-state index is -0.446. The highest BCUT2D eigenvalue weighted by atomic mass is 35.5. The van der Waals surface area contributed by atoms with Gasteiger partial charge in [0.05, 0.1) is 4.91 Å². The van der Waals surface area contributed by atoms with Crippen LogP contribution in [-0.2, 0) is 4.79 Å². The van der Waals surface area contributed by atoms with E-state index in [2.05, 4.69) is 5.43 Å². The third-order valence-corrected chi connectivity index (χ3v) is 4.70. The number of nitrogens with zero attached hydrogens (tertiary/aromatic N) is 1. The molecule has 2 heterocycles. The second-order valence-electron chi connectivity index (χ2n) is 4.91. The minimum Gasteiger partial charge on any atom is -0.462 e. The van der Waals surface area contributed by atoms with Crippen LogP contribution in [0.25, 0.3) is 6.08 Å². The third kappa shape index (κ3) is 3.53. The van der Waals surface area contributed by atoms with Gasteiger partial charge in [0, 0.05) is 16.7 Å². The van der Waals surface area contributed by atoms with Crippen molar-refractivity contribution in [1.82, 2.24) is 10.4 Å². The normalized spacial score (nSPS) is 16.1. The summed E-state index contributed by atoms with van der Waals surface area (Å²) in [6.45, 7) is 1.81. The first-order chi connectivity index (χ1) is 11.4. The van der Waals surface area contributed by atoms with E-state index in [1.54, 1.807) is 42.5 Å². The quantitative estimate of drug-likeness (QED) is 0.650. The van der Waals surface area contributed by atoms with Crippen molar-refractivity contribution in [2.45, 2.75) is 6.92 Å². The van der Waals surface area contributed by atoms with Gasteiger partial charge in [-0.1, -0.05) is 23.4 Å². The van der Waals surface area contributed by atoms with Crippen molar-refractivity contribution in [1.29, 1.82) is 0 Å². The maximum Gasteiger partial charge on any atom is 0.285 e. The van der Waals surface area contributed by atoms with Gasteiger partial charge in [0.15, 0.2) is 4.32 Å². The molecule has 24 heavy (non-hydrogen) atoms. The molecule has 1 fully saturated rings. The molecular formula is C16H11ClN2O3S2. The largest absolute Gasteiger partial charge is 0.462 e. The van der Waals surface area contributed by atoms with Crippen molar-refractivity contribution in [3.8, 4) is 0 Å². The van der Waals surface area contributed by atoms with E-state index >= 15 is 0 Å². The summed E-state index contributed by atoms with van der Waals surface area (Å²) in [7, 11) is 0. The molecule has 5 nitrogen and oxygen atoms in total. The first-order valence-corrected chi connectivity index (χ1v) is 8.45. The monoisotopic (exact) mass is 378 g/mol. The van der Waals surface area contributed by atoms with Gasteiger partial charge in [0.25, 0.3) is 11.8 Å². The molecule has 1 aliphatic rings. The van der Waals surface area contributed by atoms with E-state index in [1.165, 1.54) is 0 Å². The number of hydrogen-bond acceptors (Lipinski definition) is 5. The fraction of sp³-hybridized carbons (Fsp3) is 0.0625. The van der Waals surface area contributed by atoms with E-state index < -0.39 is 11.8 Å². The topological polar surface area (TPSA) is 62.6 Å². The van der Waals surface area contributed by atoms with Crippen molar-refractivity contribution in [3.05, 3.63) is 63.4 Å². The van der Waals surface area contributed by atoms with E-state index in [4.69, 9.17) is 28.2 Å². The van der Waals surface area contributed by atoms with Crippen LogP contribution in [0, 0.1) is 6.92 Å². The molecule has 0 unspecified atom stereocenters. The van der Waals surface area contributed by atoms with Crippen molar-refractivity contribution >= 4 is 57.8 Å². The van der Waals surface area contributed by atoms with E-state index in [9.17, 15) is 9.59 Å². The molecule has 0 spiro atoms. The summed E-state index contributed by atoms with van der Waals surface area (Å²) in [6, 6.07) is 9.89. The zero-order chi connectivity index (χ0) is 17.3. The molecule has 122 valence electrons. The van der Waals surface area contributed by atoms with Crippen LogP contribution in [0.1, 0.15) is 21.9 Å². The van der Waals surface area contributed by atoms with Gasteiger partial charge >= 0.3 is 0 Å². The Hall–Kier alpha value is -2.09. The van der Waals surface area contributed by atoms with Gasteiger partial charge in [-0.15, -0.1) is 0 Å². The van der Waals surface area contributed by atoms with Gasteiger partial charge in [-0.25, -0.2) is 0 Å². The van der Waals surface area contributed by atoms with Crippen molar-refractivity contribution < 1.29 is 14.0 Å². The summed E-state index contributed by atoms with van der Waals surface area (Å²) < 4.78 is 5.67. The lowest BCUT2D eigenvalue weighted by Gasteiger charge is -2.15. The first kappa shape index (κ1) is 16.8. The average Bonchev–Trinajstić information content (AvgIpc) is 3.06. The van der Waals surface area contributed by atoms with Crippen LogP contribution in [0.5, 0.6) is 0 Å². The predicted molar refractivity (Wildman–Crippen MR) is 97.4 cm³/mol. The molecule has 0 aliphatic carbocycles. The van der Waals surface area contributed by atoms with Crippen LogP contribution >= 0.6 is 35.6 Å². The van der Waals surface area contributed by atoms with Crippen LogP contribution in [0.15, 0.2) is 45.7 Å². The molecule has 1 N–H and O–H groups in total. The number of hydrogen-bond donors (Lipinski definition) is 1. The summed E-state index contributed by atoms with van der Waals surface area (Å²) in [4.78, 5) is 25.0. The Bertz CT molecular complexity index is 858. The number of carbonyl (C=O) groups excluding carboxylic acids is 2. The van der Waals surface area contributed by atoms with Crippen LogP contribution in [0.3, 0.4) is 0 Å². The molecule has 0 saturated carbocycles. The molecule has 3 rings (SSSR count). The van der Waals surface area contributed by atoms with E-state index in [1.807, 2.05) is 6.92 Å². The smallest absolute Gasteiger partial charge is 0.285 e. The Labute approximate surface area is 152 Å². The molecule has 2 amide bonds. The van der Waals surface area contributed by atoms with Crippen molar-refractivity contribution in [3.63, 3.8) is 0 Å².